The number of guanidine groups is 1. The maximum Gasteiger partial charge on any atom is 0.243 e. The van der Waals surface area contributed by atoms with Gasteiger partial charge in [-0.05, 0) is 36.7 Å². The van der Waals surface area contributed by atoms with Crippen molar-refractivity contribution in [3.63, 3.8) is 0 Å². The Morgan fingerprint density at radius 1 is 0.811 bits per heavy atom. The summed E-state index contributed by atoms with van der Waals surface area (Å²) in [6.45, 7) is 7.33. The van der Waals surface area contributed by atoms with Crippen LogP contribution in [0, 0.1) is 11.8 Å². The van der Waals surface area contributed by atoms with Crippen LogP contribution in [0.5, 0.6) is 0 Å². The van der Waals surface area contributed by atoms with Gasteiger partial charge in [-0.3, -0.25) is 24.2 Å². The molecule has 0 saturated heterocycles. The molecule has 1 aromatic rings. The molecule has 0 spiro atoms. The molecule has 4 atom stereocenters. The molecule has 37 heavy (non-hydrogen) atoms. The van der Waals surface area contributed by atoms with Crippen LogP contribution in [0.1, 0.15) is 46.1 Å². The summed E-state index contributed by atoms with van der Waals surface area (Å²) in [5.41, 5.74) is 23.0. The number of nitrogens with one attached hydrogen (secondary N) is 3. The van der Waals surface area contributed by atoms with Crippen molar-refractivity contribution in [1.82, 2.24) is 16.0 Å². The molecule has 11 N–H and O–H groups in total. The van der Waals surface area contributed by atoms with Gasteiger partial charge in [0.1, 0.15) is 18.1 Å². The molecule has 0 bridgehead atoms. The van der Waals surface area contributed by atoms with Gasteiger partial charge >= 0.3 is 0 Å². The fourth-order valence-corrected chi connectivity index (χ4v) is 3.58. The first-order valence-corrected chi connectivity index (χ1v) is 12.4. The highest BCUT2D eigenvalue weighted by Gasteiger charge is 2.32. The summed E-state index contributed by atoms with van der Waals surface area (Å²) in [5.74, 6) is -2.96. The summed E-state index contributed by atoms with van der Waals surface area (Å²) >= 11 is 0. The third kappa shape index (κ3) is 11.3. The number of hydrogen-bond acceptors (Lipinski definition) is 6. The Labute approximate surface area is 218 Å². The van der Waals surface area contributed by atoms with Gasteiger partial charge in [0.25, 0.3) is 0 Å². The lowest BCUT2D eigenvalue weighted by Gasteiger charge is -2.28. The van der Waals surface area contributed by atoms with Crippen molar-refractivity contribution in [1.29, 1.82) is 0 Å². The van der Waals surface area contributed by atoms with Crippen molar-refractivity contribution < 1.29 is 19.2 Å². The van der Waals surface area contributed by atoms with Gasteiger partial charge < -0.3 is 38.9 Å². The van der Waals surface area contributed by atoms with E-state index in [0.29, 0.717) is 12.8 Å². The largest absolute Gasteiger partial charge is 0.370 e. The van der Waals surface area contributed by atoms with Gasteiger partial charge in [0.05, 0.1) is 6.04 Å². The maximum atomic E-state index is 13.1. The molecule has 12 nitrogen and oxygen atoms in total. The SMILES string of the molecule is CC(C)[C@H](NC(=O)[C@@H](NC(=O)[C@@H](N)Cc1ccccc1)C(C)C)C(=O)N[C@@H](CCCN=C(N)N)C(N)=O. The minimum absolute atomic E-state index is 0.0740. The van der Waals surface area contributed by atoms with E-state index in [9.17, 15) is 19.2 Å². The molecule has 1 aromatic carbocycles. The van der Waals surface area contributed by atoms with Crippen LogP contribution in [0.15, 0.2) is 35.3 Å². The predicted molar refractivity (Wildman–Crippen MR) is 143 cm³/mol. The molecule has 0 heterocycles. The zero-order valence-corrected chi connectivity index (χ0v) is 22.1. The Balaban J connectivity index is 2.84. The average Bonchev–Trinajstić information content (AvgIpc) is 2.82. The summed E-state index contributed by atoms with van der Waals surface area (Å²) < 4.78 is 0. The van der Waals surface area contributed by atoms with Gasteiger partial charge in [-0.2, -0.15) is 0 Å². The second-order valence-electron chi connectivity index (χ2n) is 9.67. The molecule has 0 aliphatic carbocycles. The van der Waals surface area contributed by atoms with E-state index < -0.39 is 47.8 Å². The molecule has 12 heteroatoms. The summed E-state index contributed by atoms with van der Waals surface area (Å²) in [6.07, 6.45) is 0.948. The molecule has 0 aromatic heterocycles. The first-order chi connectivity index (χ1) is 17.3. The first-order valence-electron chi connectivity index (χ1n) is 12.4. The fourth-order valence-electron chi connectivity index (χ4n) is 3.58. The topological polar surface area (TPSA) is 221 Å². The van der Waals surface area contributed by atoms with Crippen LogP contribution in [0.25, 0.3) is 0 Å². The molecule has 0 unspecified atom stereocenters. The van der Waals surface area contributed by atoms with Crippen molar-refractivity contribution in [2.45, 2.75) is 71.1 Å². The smallest absolute Gasteiger partial charge is 0.243 e. The number of nitrogens with two attached hydrogens (primary N) is 4. The number of amides is 4. The fraction of sp³-hybridized carbons (Fsp3) is 0.560. The second-order valence-corrected chi connectivity index (χ2v) is 9.67. The molecule has 0 fully saturated rings. The van der Waals surface area contributed by atoms with Crippen molar-refractivity contribution in [2.24, 2.45) is 39.8 Å². The van der Waals surface area contributed by atoms with E-state index in [1.807, 2.05) is 30.3 Å². The standard InChI is InChI=1S/C25H42N8O4/c1-14(2)19(23(36)31-18(21(27)34)11-8-12-30-25(28)29)33-24(37)20(15(3)4)32-22(35)17(26)13-16-9-6-5-7-10-16/h5-7,9-10,14-15,17-20H,8,11-13,26H2,1-4H3,(H2,27,34)(H,31,36)(H,32,35)(H,33,37)(H4,28,29,30)/t17-,18-,19-,20-/m0/s1. The Morgan fingerprint density at radius 3 is 1.81 bits per heavy atom. The van der Waals surface area contributed by atoms with E-state index in [4.69, 9.17) is 22.9 Å². The van der Waals surface area contributed by atoms with E-state index in [1.54, 1.807) is 27.7 Å². The number of primary amides is 1. The van der Waals surface area contributed by atoms with E-state index in [2.05, 4.69) is 20.9 Å². The molecule has 206 valence electrons. The Morgan fingerprint density at radius 2 is 1.32 bits per heavy atom. The third-order valence-electron chi connectivity index (χ3n) is 5.73. The maximum absolute atomic E-state index is 13.1. The van der Waals surface area contributed by atoms with Gasteiger partial charge in [-0.25, -0.2) is 0 Å². The van der Waals surface area contributed by atoms with E-state index in [1.165, 1.54) is 0 Å². The van der Waals surface area contributed by atoms with Crippen LogP contribution in [0.2, 0.25) is 0 Å². The van der Waals surface area contributed by atoms with Crippen molar-refractivity contribution in [2.75, 3.05) is 6.54 Å². The summed E-state index contributed by atoms with van der Waals surface area (Å²) in [5, 5.41) is 8.01. The number of carbonyl (C=O) groups is 4. The van der Waals surface area contributed by atoms with Crippen molar-refractivity contribution in [3.8, 4) is 0 Å². The Hall–Kier alpha value is -3.67. The van der Waals surface area contributed by atoms with Crippen LogP contribution in [-0.2, 0) is 25.6 Å². The van der Waals surface area contributed by atoms with E-state index >= 15 is 0 Å². The number of aliphatic imine (C=N–C) groups is 1. The average molecular weight is 519 g/mol. The lowest BCUT2D eigenvalue weighted by molar-refractivity contribution is -0.135. The molecule has 0 radical (unpaired) electrons. The second kappa shape index (κ2) is 15.4. The summed E-state index contributed by atoms with van der Waals surface area (Å²) in [4.78, 5) is 54.6. The van der Waals surface area contributed by atoms with Crippen molar-refractivity contribution in [3.05, 3.63) is 35.9 Å². The minimum Gasteiger partial charge on any atom is -0.370 e. The minimum atomic E-state index is -0.969. The Bertz CT molecular complexity index is 932. The molecule has 0 aliphatic heterocycles. The zero-order valence-electron chi connectivity index (χ0n) is 22.1. The Kier molecular flexibility index (Phi) is 13.1. The number of hydrogen-bond donors (Lipinski definition) is 7. The summed E-state index contributed by atoms with van der Waals surface area (Å²) in [6, 6.07) is 5.61. The summed E-state index contributed by atoms with van der Waals surface area (Å²) in [7, 11) is 0. The normalized spacial score (nSPS) is 14.2. The highest BCUT2D eigenvalue weighted by molar-refractivity contribution is 5.94. The van der Waals surface area contributed by atoms with Gasteiger partial charge in [0, 0.05) is 6.54 Å². The number of carbonyl (C=O) groups excluding carboxylic acids is 4. The molecule has 0 aliphatic rings. The predicted octanol–water partition coefficient (Wildman–Crippen LogP) is -1.14. The molecule has 4 amide bonds. The van der Waals surface area contributed by atoms with Gasteiger partial charge in [-0.1, -0.05) is 58.0 Å². The lowest BCUT2D eigenvalue weighted by atomic mass is 9.98. The van der Waals surface area contributed by atoms with E-state index in [-0.39, 0.29) is 30.8 Å². The molecule has 1 rings (SSSR count). The highest BCUT2D eigenvalue weighted by Crippen LogP contribution is 2.09. The van der Waals surface area contributed by atoms with Crippen LogP contribution >= 0.6 is 0 Å². The van der Waals surface area contributed by atoms with Crippen LogP contribution in [0.3, 0.4) is 0 Å². The van der Waals surface area contributed by atoms with E-state index in [0.717, 1.165) is 5.56 Å². The van der Waals surface area contributed by atoms with Crippen LogP contribution in [0.4, 0.5) is 0 Å². The highest BCUT2D eigenvalue weighted by atomic mass is 16.2. The number of nitrogens with zero attached hydrogens (tertiary/aromatic N) is 1. The van der Waals surface area contributed by atoms with Gasteiger partial charge in [-0.15, -0.1) is 0 Å². The first kappa shape index (κ1) is 31.4. The molecule has 0 saturated carbocycles. The van der Waals surface area contributed by atoms with Gasteiger partial charge in [0.15, 0.2) is 5.96 Å². The zero-order chi connectivity index (χ0) is 28.1. The number of benzene rings is 1. The number of rotatable bonds is 15. The van der Waals surface area contributed by atoms with Crippen LogP contribution in [-0.4, -0.2) is 60.3 Å². The lowest BCUT2D eigenvalue weighted by Crippen LogP contribution is -2.60. The quantitative estimate of drug-likeness (QED) is 0.0858. The monoisotopic (exact) mass is 518 g/mol. The third-order valence-corrected chi connectivity index (χ3v) is 5.73. The van der Waals surface area contributed by atoms with Crippen molar-refractivity contribution >= 4 is 29.6 Å². The van der Waals surface area contributed by atoms with Crippen LogP contribution < -0.4 is 38.9 Å². The molecular formula is C25H42N8O4. The molecular weight excluding hydrogens is 476 g/mol. The van der Waals surface area contributed by atoms with Gasteiger partial charge in [0.2, 0.25) is 23.6 Å².